The van der Waals surface area contributed by atoms with Crippen LogP contribution in [-0.2, 0) is 14.3 Å². The predicted molar refractivity (Wildman–Crippen MR) is 56.4 cm³/mol. The Labute approximate surface area is 90.3 Å². The van der Waals surface area contributed by atoms with Crippen molar-refractivity contribution < 1.29 is 14.3 Å². The van der Waals surface area contributed by atoms with E-state index in [4.69, 9.17) is 15.2 Å². The standard InChI is InChI=1S/C10H20N2O3/c1-14-7-9(2-4-11)12-10(13)8-3-5-15-6-8/h8-9H,2-7,11H2,1H3,(H,12,13). The molecule has 1 aliphatic heterocycles. The fraction of sp³-hybridized carbons (Fsp3) is 0.900. The maximum atomic E-state index is 11.7. The quantitative estimate of drug-likeness (QED) is 0.628. The smallest absolute Gasteiger partial charge is 0.225 e. The number of carbonyl (C=O) groups is 1. The van der Waals surface area contributed by atoms with Gasteiger partial charge in [0.15, 0.2) is 0 Å². The highest BCUT2D eigenvalue weighted by atomic mass is 16.5. The molecule has 0 aromatic rings. The molecule has 0 aliphatic carbocycles. The molecule has 0 radical (unpaired) electrons. The van der Waals surface area contributed by atoms with Gasteiger partial charge in [-0.25, -0.2) is 0 Å². The first kappa shape index (κ1) is 12.4. The third kappa shape index (κ3) is 4.15. The van der Waals surface area contributed by atoms with E-state index in [1.54, 1.807) is 7.11 Å². The normalized spacial score (nSPS) is 22.7. The van der Waals surface area contributed by atoms with Crippen LogP contribution in [0.1, 0.15) is 12.8 Å². The highest BCUT2D eigenvalue weighted by Crippen LogP contribution is 2.12. The fourth-order valence-corrected chi connectivity index (χ4v) is 1.66. The number of amides is 1. The molecular weight excluding hydrogens is 196 g/mol. The number of methoxy groups -OCH3 is 1. The molecule has 1 saturated heterocycles. The Balaban J connectivity index is 2.31. The fourth-order valence-electron chi connectivity index (χ4n) is 1.66. The molecule has 1 fully saturated rings. The zero-order valence-electron chi connectivity index (χ0n) is 9.20. The molecule has 0 bridgehead atoms. The molecule has 0 saturated carbocycles. The Kier molecular flexibility index (Phi) is 5.60. The molecular formula is C10H20N2O3. The first-order chi connectivity index (χ1) is 7.27. The van der Waals surface area contributed by atoms with E-state index in [1.165, 1.54) is 0 Å². The molecule has 0 spiro atoms. The monoisotopic (exact) mass is 216 g/mol. The molecule has 2 unspecified atom stereocenters. The van der Waals surface area contributed by atoms with Crippen LogP contribution in [0.5, 0.6) is 0 Å². The van der Waals surface area contributed by atoms with Crippen LogP contribution >= 0.6 is 0 Å². The number of rotatable bonds is 6. The lowest BCUT2D eigenvalue weighted by atomic mass is 10.1. The molecule has 1 aliphatic rings. The SMILES string of the molecule is COCC(CCN)NC(=O)C1CCOC1. The lowest BCUT2D eigenvalue weighted by Crippen LogP contribution is -2.42. The first-order valence-electron chi connectivity index (χ1n) is 5.35. The number of nitrogens with one attached hydrogen (secondary N) is 1. The minimum absolute atomic E-state index is 0.00197. The van der Waals surface area contributed by atoms with Crippen molar-refractivity contribution in [3.63, 3.8) is 0 Å². The van der Waals surface area contributed by atoms with Crippen LogP contribution in [0.3, 0.4) is 0 Å². The third-order valence-electron chi connectivity index (χ3n) is 2.53. The van der Waals surface area contributed by atoms with Gasteiger partial charge in [0.25, 0.3) is 0 Å². The van der Waals surface area contributed by atoms with Crippen LogP contribution in [0.15, 0.2) is 0 Å². The summed E-state index contributed by atoms with van der Waals surface area (Å²) in [5, 5.41) is 2.94. The summed E-state index contributed by atoms with van der Waals surface area (Å²) in [7, 11) is 1.62. The van der Waals surface area contributed by atoms with E-state index < -0.39 is 0 Å². The molecule has 88 valence electrons. The molecule has 1 rings (SSSR count). The maximum absolute atomic E-state index is 11.7. The summed E-state index contributed by atoms with van der Waals surface area (Å²) in [5.74, 6) is 0.0603. The second-order valence-electron chi connectivity index (χ2n) is 3.80. The van der Waals surface area contributed by atoms with Crippen molar-refractivity contribution in [2.75, 3.05) is 33.5 Å². The second kappa shape index (κ2) is 6.76. The van der Waals surface area contributed by atoms with Crippen molar-refractivity contribution in [3.05, 3.63) is 0 Å². The number of hydrogen-bond acceptors (Lipinski definition) is 4. The maximum Gasteiger partial charge on any atom is 0.225 e. The van der Waals surface area contributed by atoms with Gasteiger partial charge in [0.2, 0.25) is 5.91 Å². The van der Waals surface area contributed by atoms with E-state index in [-0.39, 0.29) is 17.9 Å². The average molecular weight is 216 g/mol. The average Bonchev–Trinajstić information content (AvgIpc) is 2.71. The summed E-state index contributed by atoms with van der Waals surface area (Å²) in [6, 6.07) is 0.0214. The molecule has 5 nitrogen and oxygen atoms in total. The summed E-state index contributed by atoms with van der Waals surface area (Å²) in [6.45, 7) is 2.28. The Morgan fingerprint density at radius 1 is 1.73 bits per heavy atom. The minimum Gasteiger partial charge on any atom is -0.383 e. The van der Waals surface area contributed by atoms with Crippen molar-refractivity contribution in [2.45, 2.75) is 18.9 Å². The Hall–Kier alpha value is -0.650. The topological polar surface area (TPSA) is 73.6 Å². The van der Waals surface area contributed by atoms with E-state index in [2.05, 4.69) is 5.32 Å². The van der Waals surface area contributed by atoms with Crippen LogP contribution in [0.2, 0.25) is 0 Å². The molecule has 2 atom stereocenters. The van der Waals surface area contributed by atoms with Gasteiger partial charge in [-0.3, -0.25) is 4.79 Å². The van der Waals surface area contributed by atoms with Gasteiger partial charge in [-0.05, 0) is 19.4 Å². The number of carbonyl (C=O) groups excluding carboxylic acids is 1. The van der Waals surface area contributed by atoms with Crippen molar-refractivity contribution in [1.29, 1.82) is 0 Å². The molecule has 0 aromatic heterocycles. The van der Waals surface area contributed by atoms with E-state index in [0.717, 1.165) is 12.8 Å². The first-order valence-corrected chi connectivity index (χ1v) is 5.35. The lowest BCUT2D eigenvalue weighted by Gasteiger charge is -2.18. The van der Waals surface area contributed by atoms with E-state index in [1.807, 2.05) is 0 Å². The molecule has 1 heterocycles. The highest BCUT2D eigenvalue weighted by molar-refractivity contribution is 5.79. The van der Waals surface area contributed by atoms with Gasteiger partial charge in [-0.15, -0.1) is 0 Å². The predicted octanol–water partition coefficient (Wildman–Crippen LogP) is -0.497. The van der Waals surface area contributed by atoms with Crippen LogP contribution in [0.25, 0.3) is 0 Å². The van der Waals surface area contributed by atoms with Crippen molar-refractivity contribution in [3.8, 4) is 0 Å². The van der Waals surface area contributed by atoms with Gasteiger partial charge in [0, 0.05) is 13.7 Å². The summed E-state index contributed by atoms with van der Waals surface area (Å²) < 4.78 is 10.2. The van der Waals surface area contributed by atoms with Gasteiger partial charge in [-0.2, -0.15) is 0 Å². The van der Waals surface area contributed by atoms with Gasteiger partial charge in [0.05, 0.1) is 25.2 Å². The van der Waals surface area contributed by atoms with Crippen LogP contribution in [0.4, 0.5) is 0 Å². The molecule has 1 amide bonds. The highest BCUT2D eigenvalue weighted by Gasteiger charge is 2.25. The number of ether oxygens (including phenoxy) is 2. The van der Waals surface area contributed by atoms with Gasteiger partial charge in [-0.1, -0.05) is 0 Å². The Morgan fingerprint density at radius 3 is 3.07 bits per heavy atom. The Bertz CT molecular complexity index is 187. The molecule has 3 N–H and O–H groups in total. The van der Waals surface area contributed by atoms with Gasteiger partial charge < -0.3 is 20.5 Å². The summed E-state index contributed by atoms with van der Waals surface area (Å²) in [5.41, 5.74) is 5.46. The van der Waals surface area contributed by atoms with E-state index in [0.29, 0.717) is 26.4 Å². The van der Waals surface area contributed by atoms with Crippen molar-refractivity contribution in [2.24, 2.45) is 11.7 Å². The van der Waals surface area contributed by atoms with Gasteiger partial charge in [0.1, 0.15) is 0 Å². The second-order valence-corrected chi connectivity index (χ2v) is 3.80. The zero-order valence-corrected chi connectivity index (χ0v) is 9.20. The van der Waals surface area contributed by atoms with Crippen LogP contribution in [-0.4, -0.2) is 45.4 Å². The minimum atomic E-state index is 0.00197. The summed E-state index contributed by atoms with van der Waals surface area (Å²) >= 11 is 0. The number of hydrogen-bond donors (Lipinski definition) is 2. The summed E-state index contributed by atoms with van der Waals surface area (Å²) in [6.07, 6.45) is 1.56. The van der Waals surface area contributed by atoms with E-state index in [9.17, 15) is 4.79 Å². The number of nitrogens with two attached hydrogens (primary N) is 1. The van der Waals surface area contributed by atoms with Crippen LogP contribution in [0, 0.1) is 5.92 Å². The summed E-state index contributed by atoms with van der Waals surface area (Å²) in [4.78, 5) is 11.7. The molecule has 15 heavy (non-hydrogen) atoms. The Morgan fingerprint density at radius 2 is 2.53 bits per heavy atom. The van der Waals surface area contributed by atoms with Crippen molar-refractivity contribution >= 4 is 5.91 Å². The molecule has 5 heteroatoms. The largest absolute Gasteiger partial charge is 0.383 e. The van der Waals surface area contributed by atoms with Crippen molar-refractivity contribution in [1.82, 2.24) is 5.32 Å². The lowest BCUT2D eigenvalue weighted by molar-refractivity contribution is -0.126. The third-order valence-corrected chi connectivity index (χ3v) is 2.53. The zero-order chi connectivity index (χ0) is 11.1. The van der Waals surface area contributed by atoms with E-state index >= 15 is 0 Å². The van der Waals surface area contributed by atoms with Gasteiger partial charge >= 0.3 is 0 Å². The van der Waals surface area contributed by atoms with Crippen LogP contribution < -0.4 is 11.1 Å². The molecule has 0 aromatic carbocycles.